The van der Waals surface area contributed by atoms with Crippen LogP contribution in [0.4, 0.5) is 0 Å². The van der Waals surface area contributed by atoms with Crippen molar-refractivity contribution < 1.29 is 4.79 Å². The highest BCUT2D eigenvalue weighted by molar-refractivity contribution is 5.95. The van der Waals surface area contributed by atoms with Gasteiger partial charge in [0.05, 0.1) is 0 Å². The standard InChI is InChI=1S/C27H39N3O/c1-20-10-8-12-23(18-20)19-30-25-14-5-4-13-24(25)22(3)26(30)27(31)28-15-9-17-29-16-7-6-11-21(29)2/h8,10,12,18,21H,4-7,9,11,13-17,19H2,1-3H3,(H,28,31)/t21-/m1/s1. The zero-order chi connectivity index (χ0) is 21.8. The molecule has 0 saturated carbocycles. The lowest BCUT2D eigenvalue weighted by Gasteiger charge is -2.33. The Morgan fingerprint density at radius 1 is 1.13 bits per heavy atom. The van der Waals surface area contributed by atoms with E-state index in [4.69, 9.17) is 0 Å². The van der Waals surface area contributed by atoms with Gasteiger partial charge in [0, 0.05) is 31.4 Å². The quantitative estimate of drug-likeness (QED) is 0.637. The molecule has 1 fully saturated rings. The van der Waals surface area contributed by atoms with E-state index in [9.17, 15) is 4.79 Å². The molecule has 1 aliphatic carbocycles. The van der Waals surface area contributed by atoms with E-state index in [1.807, 2.05) is 0 Å². The highest BCUT2D eigenvalue weighted by Crippen LogP contribution is 2.30. The summed E-state index contributed by atoms with van der Waals surface area (Å²) in [5.41, 5.74) is 7.44. The molecular weight excluding hydrogens is 382 g/mol. The first-order chi connectivity index (χ1) is 15.0. The van der Waals surface area contributed by atoms with Crippen LogP contribution in [0, 0.1) is 13.8 Å². The van der Waals surface area contributed by atoms with E-state index in [1.54, 1.807) is 0 Å². The number of nitrogens with one attached hydrogen (secondary N) is 1. The van der Waals surface area contributed by atoms with Gasteiger partial charge in [-0.25, -0.2) is 0 Å². The third-order valence-corrected chi connectivity index (χ3v) is 7.33. The number of aromatic nitrogens is 1. The van der Waals surface area contributed by atoms with Crippen LogP contribution >= 0.6 is 0 Å². The maximum Gasteiger partial charge on any atom is 0.268 e. The van der Waals surface area contributed by atoms with Gasteiger partial charge in [-0.05, 0) is 89.0 Å². The smallest absolute Gasteiger partial charge is 0.268 e. The Balaban J connectivity index is 1.47. The van der Waals surface area contributed by atoms with Gasteiger partial charge in [-0.2, -0.15) is 0 Å². The zero-order valence-corrected chi connectivity index (χ0v) is 19.7. The first-order valence-electron chi connectivity index (χ1n) is 12.3. The minimum absolute atomic E-state index is 0.103. The first kappa shape index (κ1) is 22.1. The van der Waals surface area contributed by atoms with Gasteiger partial charge in [0.25, 0.3) is 5.91 Å². The third-order valence-electron chi connectivity index (χ3n) is 7.33. The molecule has 4 heteroatoms. The van der Waals surface area contributed by atoms with Gasteiger partial charge in [0.1, 0.15) is 5.69 Å². The lowest BCUT2D eigenvalue weighted by molar-refractivity contribution is 0.0939. The van der Waals surface area contributed by atoms with Crippen LogP contribution in [-0.2, 0) is 19.4 Å². The van der Waals surface area contributed by atoms with Crippen molar-refractivity contribution in [2.45, 2.75) is 84.7 Å². The fourth-order valence-electron chi connectivity index (χ4n) is 5.59. The van der Waals surface area contributed by atoms with Crippen LogP contribution in [0.1, 0.15) is 83.9 Å². The summed E-state index contributed by atoms with van der Waals surface area (Å²) in [4.78, 5) is 15.9. The number of hydrogen-bond acceptors (Lipinski definition) is 2. The maximum atomic E-state index is 13.3. The summed E-state index contributed by atoms with van der Waals surface area (Å²) in [6, 6.07) is 9.36. The molecule has 1 amide bonds. The molecule has 2 heterocycles. The highest BCUT2D eigenvalue weighted by atomic mass is 16.1. The average molecular weight is 422 g/mol. The number of amides is 1. The molecule has 0 spiro atoms. The van der Waals surface area contributed by atoms with E-state index < -0.39 is 0 Å². The molecule has 2 aliphatic rings. The second-order valence-corrected chi connectivity index (χ2v) is 9.67. The molecule has 1 aromatic carbocycles. The second-order valence-electron chi connectivity index (χ2n) is 9.67. The summed E-state index contributed by atoms with van der Waals surface area (Å²) in [5, 5.41) is 3.25. The van der Waals surface area contributed by atoms with E-state index in [-0.39, 0.29) is 5.91 Å². The average Bonchev–Trinajstić information content (AvgIpc) is 3.04. The lowest BCUT2D eigenvalue weighted by Crippen LogP contribution is -2.39. The lowest BCUT2D eigenvalue weighted by atomic mass is 9.95. The van der Waals surface area contributed by atoms with Gasteiger partial charge in [-0.3, -0.25) is 4.79 Å². The molecule has 1 aliphatic heterocycles. The van der Waals surface area contributed by atoms with Crippen LogP contribution in [0.5, 0.6) is 0 Å². The Kier molecular flexibility index (Phi) is 7.16. The Hall–Kier alpha value is -2.07. The van der Waals surface area contributed by atoms with Crippen LogP contribution in [0.25, 0.3) is 0 Å². The molecule has 0 unspecified atom stereocenters. The number of carbonyl (C=O) groups is 1. The number of aryl methyl sites for hydroxylation is 1. The zero-order valence-electron chi connectivity index (χ0n) is 19.7. The molecule has 1 N–H and O–H groups in total. The molecule has 31 heavy (non-hydrogen) atoms. The number of piperidine rings is 1. The fourth-order valence-corrected chi connectivity index (χ4v) is 5.59. The molecule has 1 atom stereocenters. The monoisotopic (exact) mass is 421 g/mol. The van der Waals surface area contributed by atoms with E-state index >= 15 is 0 Å². The largest absolute Gasteiger partial charge is 0.351 e. The van der Waals surface area contributed by atoms with Crippen molar-refractivity contribution in [1.29, 1.82) is 0 Å². The maximum absolute atomic E-state index is 13.3. The van der Waals surface area contributed by atoms with Crippen LogP contribution in [-0.4, -0.2) is 41.1 Å². The fraction of sp³-hybridized carbons (Fsp3) is 0.593. The Labute approximate surface area is 188 Å². The van der Waals surface area contributed by atoms with Gasteiger partial charge < -0.3 is 14.8 Å². The van der Waals surface area contributed by atoms with Crippen molar-refractivity contribution in [2.24, 2.45) is 0 Å². The van der Waals surface area contributed by atoms with Crippen molar-refractivity contribution in [3.05, 3.63) is 57.9 Å². The molecule has 0 radical (unpaired) electrons. The number of rotatable bonds is 7. The van der Waals surface area contributed by atoms with Crippen molar-refractivity contribution in [3.8, 4) is 0 Å². The van der Waals surface area contributed by atoms with E-state index in [0.29, 0.717) is 6.04 Å². The van der Waals surface area contributed by atoms with Crippen LogP contribution in [0.15, 0.2) is 24.3 Å². The summed E-state index contributed by atoms with van der Waals surface area (Å²) < 4.78 is 2.32. The molecule has 168 valence electrons. The molecule has 1 aromatic heterocycles. The second kappa shape index (κ2) is 10.0. The van der Waals surface area contributed by atoms with Gasteiger partial charge in [-0.15, -0.1) is 0 Å². The number of likely N-dealkylation sites (tertiary alicyclic amines) is 1. The third kappa shape index (κ3) is 5.06. The van der Waals surface area contributed by atoms with Gasteiger partial charge in [-0.1, -0.05) is 36.2 Å². The Morgan fingerprint density at radius 2 is 1.97 bits per heavy atom. The van der Waals surface area contributed by atoms with Gasteiger partial charge in [0.2, 0.25) is 0 Å². The van der Waals surface area contributed by atoms with Crippen molar-refractivity contribution >= 4 is 5.91 Å². The minimum Gasteiger partial charge on any atom is -0.351 e. The van der Waals surface area contributed by atoms with Crippen LogP contribution in [0.2, 0.25) is 0 Å². The molecule has 4 rings (SSSR count). The molecule has 1 saturated heterocycles. The number of fused-ring (bicyclic) bond motifs is 1. The topological polar surface area (TPSA) is 37.3 Å². The molecule has 0 bridgehead atoms. The Bertz CT molecular complexity index is 913. The van der Waals surface area contributed by atoms with E-state index in [0.717, 1.165) is 44.6 Å². The predicted octanol–water partition coefficient (Wildman–Crippen LogP) is 5.03. The van der Waals surface area contributed by atoms with Gasteiger partial charge >= 0.3 is 0 Å². The highest BCUT2D eigenvalue weighted by Gasteiger charge is 2.26. The molecule has 4 nitrogen and oxygen atoms in total. The normalized spacial score (nSPS) is 19.3. The summed E-state index contributed by atoms with van der Waals surface area (Å²) in [6.07, 6.45) is 9.65. The SMILES string of the molecule is Cc1cccc(Cn2c3c(c(C)c2C(=O)NCCCN2CCCC[C@H]2C)CCCC3)c1. The Morgan fingerprint density at radius 3 is 2.77 bits per heavy atom. The summed E-state index contributed by atoms with van der Waals surface area (Å²) in [7, 11) is 0. The predicted molar refractivity (Wildman–Crippen MR) is 128 cm³/mol. The summed E-state index contributed by atoms with van der Waals surface area (Å²) in [5.74, 6) is 0.103. The first-order valence-corrected chi connectivity index (χ1v) is 12.3. The number of nitrogens with zero attached hydrogens (tertiary/aromatic N) is 2. The number of hydrogen-bond donors (Lipinski definition) is 1. The van der Waals surface area contributed by atoms with Crippen molar-refractivity contribution in [2.75, 3.05) is 19.6 Å². The molecule has 2 aromatic rings. The molecular formula is C27H39N3O. The van der Waals surface area contributed by atoms with E-state index in [2.05, 4.69) is 59.8 Å². The van der Waals surface area contributed by atoms with Crippen molar-refractivity contribution in [3.63, 3.8) is 0 Å². The summed E-state index contributed by atoms with van der Waals surface area (Å²) >= 11 is 0. The van der Waals surface area contributed by atoms with E-state index in [1.165, 1.54) is 66.6 Å². The number of benzene rings is 1. The minimum atomic E-state index is 0.103. The number of carbonyl (C=O) groups excluding carboxylic acids is 1. The van der Waals surface area contributed by atoms with Crippen LogP contribution in [0.3, 0.4) is 0 Å². The van der Waals surface area contributed by atoms with Crippen molar-refractivity contribution in [1.82, 2.24) is 14.8 Å². The summed E-state index contributed by atoms with van der Waals surface area (Å²) in [6.45, 7) is 10.5. The van der Waals surface area contributed by atoms with Crippen LogP contribution < -0.4 is 5.32 Å². The van der Waals surface area contributed by atoms with Gasteiger partial charge in [0.15, 0.2) is 0 Å².